The summed E-state index contributed by atoms with van der Waals surface area (Å²) < 4.78 is 3.21. The zero-order chi connectivity index (χ0) is 21.4. The van der Waals surface area contributed by atoms with Crippen LogP contribution in [0.25, 0.3) is 11.2 Å². The molecule has 0 saturated heterocycles. The van der Waals surface area contributed by atoms with Crippen molar-refractivity contribution in [2.75, 3.05) is 0 Å². The van der Waals surface area contributed by atoms with E-state index in [-0.39, 0.29) is 22.9 Å². The van der Waals surface area contributed by atoms with Gasteiger partial charge in [0.1, 0.15) is 5.52 Å². The number of hydrogen-bond donors (Lipinski definition) is 1. The van der Waals surface area contributed by atoms with E-state index in [9.17, 15) is 9.59 Å². The number of fused-ring (bicyclic) bond motifs is 1. The summed E-state index contributed by atoms with van der Waals surface area (Å²) in [5, 5.41) is 3.66. The van der Waals surface area contributed by atoms with Crippen LogP contribution in [-0.2, 0) is 13.6 Å². The maximum Gasteiger partial charge on any atom is 0.330 e. The standard InChI is InChI=1S/C20H22Cl2N6O2/c1-11-15(7-13(21)8-23-11)18(29)25-14-5-3-12(4-6-14)10-28-16-9-24-19(22)26-17(16)27(2)20(28)30/h7-9,12,14H,3-6,10H2,1-2H3,(H,25,29). The van der Waals surface area contributed by atoms with E-state index in [1.54, 1.807) is 30.8 Å². The fourth-order valence-electron chi connectivity index (χ4n) is 4.08. The molecule has 10 heteroatoms. The first-order valence-electron chi connectivity index (χ1n) is 9.84. The van der Waals surface area contributed by atoms with Crippen LogP contribution in [0.2, 0.25) is 10.3 Å². The molecule has 1 fully saturated rings. The number of carbonyl (C=O) groups is 1. The van der Waals surface area contributed by atoms with Crippen LogP contribution >= 0.6 is 23.2 Å². The van der Waals surface area contributed by atoms with Gasteiger partial charge in [0, 0.05) is 25.8 Å². The Morgan fingerprint density at radius 3 is 2.67 bits per heavy atom. The lowest BCUT2D eigenvalue weighted by Gasteiger charge is -2.29. The van der Waals surface area contributed by atoms with Crippen LogP contribution in [-0.4, -0.2) is 36.0 Å². The van der Waals surface area contributed by atoms with Crippen LogP contribution in [0, 0.1) is 12.8 Å². The summed E-state index contributed by atoms with van der Waals surface area (Å²) in [6.07, 6.45) is 6.66. The van der Waals surface area contributed by atoms with E-state index in [0.29, 0.717) is 39.9 Å². The molecule has 3 aromatic heterocycles. The zero-order valence-electron chi connectivity index (χ0n) is 16.7. The summed E-state index contributed by atoms with van der Waals surface area (Å²) >= 11 is 11.8. The maximum absolute atomic E-state index is 12.6. The van der Waals surface area contributed by atoms with E-state index in [0.717, 1.165) is 25.7 Å². The zero-order valence-corrected chi connectivity index (χ0v) is 18.2. The predicted molar refractivity (Wildman–Crippen MR) is 115 cm³/mol. The number of imidazole rings is 1. The van der Waals surface area contributed by atoms with Crippen molar-refractivity contribution in [1.82, 2.24) is 29.4 Å². The summed E-state index contributed by atoms with van der Waals surface area (Å²) in [7, 11) is 1.68. The largest absolute Gasteiger partial charge is 0.349 e. The molecule has 0 spiro atoms. The van der Waals surface area contributed by atoms with Gasteiger partial charge in [0.2, 0.25) is 5.28 Å². The first kappa shape index (κ1) is 20.8. The third-order valence-electron chi connectivity index (χ3n) is 5.77. The molecule has 0 atom stereocenters. The average Bonchev–Trinajstić information content (AvgIpc) is 2.95. The molecule has 0 bridgehead atoms. The number of nitrogens with zero attached hydrogens (tertiary/aromatic N) is 5. The topological polar surface area (TPSA) is 94.7 Å². The first-order valence-corrected chi connectivity index (χ1v) is 10.6. The Balaban J connectivity index is 1.40. The SMILES string of the molecule is Cc1ncc(Cl)cc1C(=O)NC1CCC(Cn2c(=O)n(C)c3nc(Cl)ncc32)CC1. The quantitative estimate of drug-likeness (QED) is 0.618. The monoisotopic (exact) mass is 448 g/mol. The fraction of sp³-hybridized carbons (Fsp3) is 0.450. The second kappa shape index (κ2) is 8.35. The molecule has 1 N–H and O–H groups in total. The number of aromatic nitrogens is 5. The molecule has 8 nitrogen and oxygen atoms in total. The van der Waals surface area contributed by atoms with E-state index in [1.165, 1.54) is 10.8 Å². The molecule has 0 unspecified atom stereocenters. The normalized spacial score (nSPS) is 19.2. The van der Waals surface area contributed by atoms with Crippen LogP contribution in [0.4, 0.5) is 0 Å². The molecule has 30 heavy (non-hydrogen) atoms. The molecule has 158 valence electrons. The number of carbonyl (C=O) groups excluding carboxylic acids is 1. The van der Waals surface area contributed by atoms with Gasteiger partial charge in [-0.1, -0.05) is 11.6 Å². The lowest BCUT2D eigenvalue weighted by atomic mass is 9.85. The Kier molecular flexibility index (Phi) is 5.79. The van der Waals surface area contributed by atoms with Crippen LogP contribution in [0.5, 0.6) is 0 Å². The van der Waals surface area contributed by atoms with Gasteiger partial charge in [0.25, 0.3) is 5.91 Å². The number of hydrogen-bond acceptors (Lipinski definition) is 5. The summed E-state index contributed by atoms with van der Waals surface area (Å²) in [5.74, 6) is 0.192. The highest BCUT2D eigenvalue weighted by molar-refractivity contribution is 6.30. The van der Waals surface area contributed by atoms with Crippen LogP contribution in [0.15, 0.2) is 23.3 Å². The number of nitrogens with one attached hydrogen (secondary N) is 1. The van der Waals surface area contributed by atoms with Crippen molar-refractivity contribution in [1.29, 1.82) is 0 Å². The molecule has 1 amide bonds. The molecular weight excluding hydrogens is 427 g/mol. The first-order chi connectivity index (χ1) is 14.3. The van der Waals surface area contributed by atoms with Gasteiger partial charge in [0.05, 0.1) is 22.5 Å². The molecule has 3 heterocycles. The Morgan fingerprint density at radius 1 is 1.20 bits per heavy atom. The molecule has 0 aromatic carbocycles. The fourth-order valence-corrected chi connectivity index (χ4v) is 4.37. The minimum Gasteiger partial charge on any atom is -0.349 e. The van der Waals surface area contributed by atoms with Gasteiger partial charge in [-0.2, -0.15) is 4.98 Å². The van der Waals surface area contributed by atoms with Crippen molar-refractivity contribution in [2.45, 2.75) is 45.2 Å². The van der Waals surface area contributed by atoms with Crippen LogP contribution in [0.3, 0.4) is 0 Å². The Hall–Kier alpha value is -2.45. The van der Waals surface area contributed by atoms with E-state index >= 15 is 0 Å². The van der Waals surface area contributed by atoms with Crippen LogP contribution in [0.1, 0.15) is 41.7 Å². The third-order valence-corrected chi connectivity index (χ3v) is 6.16. The lowest BCUT2D eigenvalue weighted by Crippen LogP contribution is -2.39. The van der Waals surface area contributed by atoms with Crippen molar-refractivity contribution < 1.29 is 4.79 Å². The van der Waals surface area contributed by atoms with Gasteiger partial charge in [-0.3, -0.25) is 18.9 Å². The van der Waals surface area contributed by atoms with Gasteiger partial charge in [0.15, 0.2) is 5.65 Å². The third kappa shape index (κ3) is 4.06. The second-order valence-electron chi connectivity index (χ2n) is 7.78. The van der Waals surface area contributed by atoms with Crippen LogP contribution < -0.4 is 11.0 Å². The van der Waals surface area contributed by atoms with Gasteiger partial charge >= 0.3 is 5.69 Å². The van der Waals surface area contributed by atoms with Crippen molar-refractivity contribution >= 4 is 40.3 Å². The number of amides is 1. The van der Waals surface area contributed by atoms with Crippen molar-refractivity contribution in [3.05, 3.63) is 50.5 Å². The van der Waals surface area contributed by atoms with Crippen molar-refractivity contribution in [3.63, 3.8) is 0 Å². The van der Waals surface area contributed by atoms with Gasteiger partial charge < -0.3 is 5.32 Å². The average molecular weight is 449 g/mol. The molecule has 1 aliphatic rings. The van der Waals surface area contributed by atoms with E-state index < -0.39 is 0 Å². The number of aryl methyl sites for hydroxylation is 2. The molecule has 1 aliphatic carbocycles. The number of pyridine rings is 1. The Morgan fingerprint density at radius 2 is 1.93 bits per heavy atom. The van der Waals surface area contributed by atoms with E-state index in [1.807, 2.05) is 0 Å². The number of halogens is 2. The Bertz CT molecular complexity index is 1160. The smallest absolute Gasteiger partial charge is 0.330 e. The summed E-state index contributed by atoms with van der Waals surface area (Å²) in [4.78, 5) is 37.6. The minimum absolute atomic E-state index is 0.0958. The number of rotatable bonds is 4. The van der Waals surface area contributed by atoms with Gasteiger partial charge in [-0.25, -0.2) is 9.78 Å². The summed E-state index contributed by atoms with van der Waals surface area (Å²) in [6, 6.07) is 1.74. The highest BCUT2D eigenvalue weighted by Gasteiger charge is 2.25. The van der Waals surface area contributed by atoms with E-state index in [4.69, 9.17) is 23.2 Å². The van der Waals surface area contributed by atoms with Crippen molar-refractivity contribution in [3.8, 4) is 0 Å². The molecule has 3 aromatic rings. The molecule has 0 radical (unpaired) electrons. The van der Waals surface area contributed by atoms with E-state index in [2.05, 4.69) is 20.3 Å². The molecule has 0 aliphatic heterocycles. The minimum atomic E-state index is -0.148. The summed E-state index contributed by atoms with van der Waals surface area (Å²) in [6.45, 7) is 2.39. The predicted octanol–water partition coefficient (Wildman–Crippen LogP) is 3.13. The highest BCUT2D eigenvalue weighted by Crippen LogP contribution is 2.27. The van der Waals surface area contributed by atoms with Gasteiger partial charge in [-0.05, 0) is 56.2 Å². The molecule has 4 rings (SSSR count). The highest BCUT2D eigenvalue weighted by atomic mass is 35.5. The maximum atomic E-state index is 12.6. The molecular formula is C20H22Cl2N6O2. The molecule has 1 saturated carbocycles. The summed E-state index contributed by atoms with van der Waals surface area (Å²) in [5.41, 5.74) is 2.26. The Labute approximate surface area is 183 Å². The van der Waals surface area contributed by atoms with Gasteiger partial charge in [-0.15, -0.1) is 0 Å². The van der Waals surface area contributed by atoms with Crippen molar-refractivity contribution in [2.24, 2.45) is 13.0 Å². The second-order valence-corrected chi connectivity index (χ2v) is 8.55. The lowest BCUT2D eigenvalue weighted by molar-refractivity contribution is 0.0919.